The molecule has 2 heterocycles. The summed E-state index contributed by atoms with van der Waals surface area (Å²) in [6, 6.07) is 8.91. The lowest BCUT2D eigenvalue weighted by Gasteiger charge is -2.32. The third-order valence-corrected chi connectivity index (χ3v) is 5.57. The van der Waals surface area contributed by atoms with Gasteiger partial charge in [0, 0.05) is 31.0 Å². The van der Waals surface area contributed by atoms with Gasteiger partial charge in [0.2, 0.25) is 0 Å². The van der Waals surface area contributed by atoms with Crippen LogP contribution >= 0.6 is 11.3 Å². The Bertz CT molecular complexity index is 577. The molecule has 1 aliphatic heterocycles. The molecular weight excluding hydrogens is 280 g/mol. The van der Waals surface area contributed by atoms with Gasteiger partial charge in [0.1, 0.15) is 0 Å². The van der Waals surface area contributed by atoms with E-state index >= 15 is 0 Å². The van der Waals surface area contributed by atoms with Crippen molar-refractivity contribution in [3.63, 3.8) is 0 Å². The quantitative estimate of drug-likeness (QED) is 0.916. The second-order valence-corrected chi connectivity index (χ2v) is 7.53. The highest BCUT2D eigenvalue weighted by atomic mass is 32.1. The fraction of sp³-hybridized carbons (Fsp3) is 0.588. The van der Waals surface area contributed by atoms with Crippen LogP contribution in [0.25, 0.3) is 10.2 Å². The molecule has 114 valence electrons. The molecule has 0 spiro atoms. The van der Waals surface area contributed by atoms with Crippen LogP contribution in [0.1, 0.15) is 32.2 Å². The van der Waals surface area contributed by atoms with Gasteiger partial charge in [-0.05, 0) is 25.5 Å². The van der Waals surface area contributed by atoms with E-state index in [-0.39, 0.29) is 11.5 Å². The number of hydrogen-bond donors (Lipinski definition) is 1. The Morgan fingerprint density at radius 3 is 2.90 bits per heavy atom. The molecule has 1 aromatic heterocycles. The Balaban J connectivity index is 1.83. The van der Waals surface area contributed by atoms with E-state index in [9.17, 15) is 0 Å². The average molecular weight is 304 g/mol. The molecule has 0 bridgehead atoms. The summed E-state index contributed by atoms with van der Waals surface area (Å²) in [7, 11) is 0. The number of hydrogen-bond acceptors (Lipinski definition) is 4. The maximum absolute atomic E-state index is 5.88. The van der Waals surface area contributed by atoms with E-state index in [1.165, 1.54) is 9.71 Å². The minimum atomic E-state index is 0.179. The van der Waals surface area contributed by atoms with Crippen molar-refractivity contribution in [1.29, 1.82) is 0 Å². The normalized spacial score (nSPS) is 26.0. The third-order valence-electron chi connectivity index (χ3n) is 4.53. The summed E-state index contributed by atoms with van der Waals surface area (Å²) in [5.74, 6) is 0. The van der Waals surface area contributed by atoms with Gasteiger partial charge >= 0.3 is 0 Å². The number of thiazole rings is 1. The molecule has 1 fully saturated rings. The molecule has 1 aromatic carbocycles. The van der Waals surface area contributed by atoms with Crippen molar-refractivity contribution in [2.45, 2.75) is 45.8 Å². The predicted octanol–water partition coefficient (Wildman–Crippen LogP) is 3.63. The third kappa shape index (κ3) is 3.12. The van der Waals surface area contributed by atoms with Gasteiger partial charge in [-0.1, -0.05) is 26.0 Å². The van der Waals surface area contributed by atoms with Gasteiger partial charge < -0.3 is 10.1 Å². The van der Waals surface area contributed by atoms with Crippen molar-refractivity contribution in [3.05, 3.63) is 29.3 Å². The van der Waals surface area contributed by atoms with Crippen molar-refractivity contribution in [1.82, 2.24) is 10.3 Å². The van der Waals surface area contributed by atoms with E-state index in [1.807, 2.05) is 11.3 Å². The first-order valence-electron chi connectivity index (χ1n) is 7.78. The zero-order valence-corrected chi connectivity index (χ0v) is 13.9. The molecule has 3 nitrogen and oxygen atoms in total. The summed E-state index contributed by atoms with van der Waals surface area (Å²) in [5, 5.41) is 4.84. The molecule has 0 amide bonds. The van der Waals surface area contributed by atoms with Gasteiger partial charge in [0.15, 0.2) is 0 Å². The van der Waals surface area contributed by atoms with Crippen molar-refractivity contribution in [3.8, 4) is 0 Å². The standard InChI is InChI=1S/C17H24N2OS/c1-12(2)18-11-17(8-9-20-13(17)3)10-16-19-14-6-4-5-7-15(14)21-16/h4-7,12-13,18H,8-11H2,1-3H3. The number of aromatic nitrogens is 1. The highest BCUT2D eigenvalue weighted by Gasteiger charge is 2.42. The molecule has 2 unspecified atom stereocenters. The first-order valence-corrected chi connectivity index (χ1v) is 8.60. The largest absolute Gasteiger partial charge is 0.378 e. The number of para-hydroxylation sites is 1. The first-order chi connectivity index (χ1) is 10.1. The summed E-state index contributed by atoms with van der Waals surface area (Å²) >= 11 is 1.82. The van der Waals surface area contributed by atoms with Crippen molar-refractivity contribution >= 4 is 21.6 Å². The molecule has 3 rings (SSSR count). The number of nitrogens with one attached hydrogen (secondary N) is 1. The van der Waals surface area contributed by atoms with E-state index in [0.29, 0.717) is 6.04 Å². The second-order valence-electron chi connectivity index (χ2n) is 6.41. The zero-order valence-electron chi connectivity index (χ0n) is 13.1. The SMILES string of the molecule is CC(C)NCC1(Cc2nc3ccccc3s2)CCOC1C. The van der Waals surface area contributed by atoms with Crippen molar-refractivity contribution in [2.24, 2.45) is 5.41 Å². The Labute approximate surface area is 130 Å². The monoisotopic (exact) mass is 304 g/mol. The summed E-state index contributed by atoms with van der Waals surface area (Å²) in [5.41, 5.74) is 1.30. The zero-order chi connectivity index (χ0) is 14.9. The Morgan fingerprint density at radius 1 is 1.43 bits per heavy atom. The van der Waals surface area contributed by atoms with Gasteiger partial charge in [-0.3, -0.25) is 0 Å². The molecule has 4 heteroatoms. The maximum Gasteiger partial charge on any atom is 0.0945 e. The first kappa shape index (κ1) is 14.9. The molecule has 1 saturated heterocycles. The van der Waals surface area contributed by atoms with Gasteiger partial charge in [-0.25, -0.2) is 4.98 Å². The number of fused-ring (bicyclic) bond motifs is 1. The highest BCUT2D eigenvalue weighted by molar-refractivity contribution is 7.18. The molecule has 1 aliphatic rings. The van der Waals surface area contributed by atoms with Gasteiger partial charge in [-0.2, -0.15) is 0 Å². The van der Waals surface area contributed by atoms with Crippen LogP contribution in [-0.2, 0) is 11.2 Å². The maximum atomic E-state index is 5.88. The van der Waals surface area contributed by atoms with Crippen LogP contribution in [0, 0.1) is 5.41 Å². The summed E-state index contributed by atoms with van der Waals surface area (Å²) in [6.45, 7) is 8.48. The van der Waals surface area contributed by atoms with Crippen LogP contribution in [0.5, 0.6) is 0 Å². The second kappa shape index (κ2) is 6.03. The number of ether oxygens (including phenoxy) is 1. The van der Waals surface area contributed by atoms with Gasteiger partial charge in [0.25, 0.3) is 0 Å². The van der Waals surface area contributed by atoms with E-state index in [2.05, 4.69) is 50.4 Å². The highest BCUT2D eigenvalue weighted by Crippen LogP contribution is 2.39. The smallest absolute Gasteiger partial charge is 0.0945 e. The summed E-state index contributed by atoms with van der Waals surface area (Å²) in [4.78, 5) is 4.82. The molecule has 1 N–H and O–H groups in total. The lowest BCUT2D eigenvalue weighted by molar-refractivity contribution is 0.0620. The summed E-state index contributed by atoms with van der Waals surface area (Å²) < 4.78 is 7.17. The average Bonchev–Trinajstić information content (AvgIpc) is 3.01. The molecular formula is C17H24N2OS. The van der Waals surface area contributed by atoms with Crippen molar-refractivity contribution < 1.29 is 4.74 Å². The van der Waals surface area contributed by atoms with Crippen LogP contribution in [0.4, 0.5) is 0 Å². The summed E-state index contributed by atoms with van der Waals surface area (Å²) in [6.07, 6.45) is 2.41. The Hall–Kier alpha value is -0.970. The molecule has 21 heavy (non-hydrogen) atoms. The predicted molar refractivity (Wildman–Crippen MR) is 88.9 cm³/mol. The van der Waals surface area contributed by atoms with Crippen LogP contribution < -0.4 is 5.32 Å². The van der Waals surface area contributed by atoms with Crippen LogP contribution in [0.15, 0.2) is 24.3 Å². The van der Waals surface area contributed by atoms with E-state index in [1.54, 1.807) is 0 Å². The van der Waals surface area contributed by atoms with Crippen molar-refractivity contribution in [2.75, 3.05) is 13.2 Å². The minimum Gasteiger partial charge on any atom is -0.378 e. The lowest BCUT2D eigenvalue weighted by atomic mass is 9.78. The number of benzene rings is 1. The lowest BCUT2D eigenvalue weighted by Crippen LogP contribution is -2.43. The Kier molecular flexibility index (Phi) is 4.29. The van der Waals surface area contributed by atoms with Crippen LogP contribution in [-0.4, -0.2) is 30.3 Å². The van der Waals surface area contributed by atoms with E-state index in [0.717, 1.165) is 31.5 Å². The molecule has 0 radical (unpaired) electrons. The van der Waals surface area contributed by atoms with E-state index in [4.69, 9.17) is 9.72 Å². The van der Waals surface area contributed by atoms with Crippen LogP contribution in [0.3, 0.4) is 0 Å². The topological polar surface area (TPSA) is 34.2 Å². The molecule has 0 aliphatic carbocycles. The van der Waals surface area contributed by atoms with Gasteiger partial charge in [-0.15, -0.1) is 11.3 Å². The number of rotatable bonds is 5. The fourth-order valence-corrected chi connectivity index (χ4v) is 4.17. The van der Waals surface area contributed by atoms with Crippen LogP contribution in [0.2, 0.25) is 0 Å². The van der Waals surface area contributed by atoms with Gasteiger partial charge in [0.05, 0.1) is 21.3 Å². The Morgan fingerprint density at radius 2 is 2.24 bits per heavy atom. The minimum absolute atomic E-state index is 0.179. The molecule has 0 saturated carbocycles. The molecule has 2 aromatic rings. The van der Waals surface area contributed by atoms with E-state index < -0.39 is 0 Å². The number of nitrogens with zero attached hydrogens (tertiary/aromatic N) is 1. The fourth-order valence-electron chi connectivity index (χ4n) is 3.05. The molecule has 2 atom stereocenters.